The van der Waals surface area contributed by atoms with Crippen molar-refractivity contribution in [1.82, 2.24) is 10.3 Å². The Morgan fingerprint density at radius 1 is 1.18 bits per heavy atom. The molecule has 1 aromatic rings. The van der Waals surface area contributed by atoms with E-state index < -0.39 is 16.9 Å². The van der Waals surface area contributed by atoms with Crippen molar-refractivity contribution in [1.29, 1.82) is 0 Å². The lowest BCUT2D eigenvalue weighted by Gasteiger charge is -2.58. The number of thiazole rings is 1. The number of carbonyl (C=O) groups is 2. The molecule has 5 atom stereocenters. The summed E-state index contributed by atoms with van der Waals surface area (Å²) in [4.78, 5) is 31.8. The van der Waals surface area contributed by atoms with Gasteiger partial charge in [-0.05, 0) is 43.4 Å². The number of amides is 2. The van der Waals surface area contributed by atoms with Gasteiger partial charge in [0.15, 0.2) is 5.13 Å². The van der Waals surface area contributed by atoms with Crippen molar-refractivity contribution in [2.75, 3.05) is 11.9 Å². The van der Waals surface area contributed by atoms with Crippen LogP contribution in [0, 0.1) is 22.2 Å². The van der Waals surface area contributed by atoms with Gasteiger partial charge in [0.2, 0.25) is 11.8 Å². The Balaban J connectivity index is 1.69. The zero-order valence-electron chi connectivity index (χ0n) is 21.2. The molecule has 2 saturated carbocycles. The molecule has 0 bridgehead atoms. The summed E-state index contributed by atoms with van der Waals surface area (Å²) in [6, 6.07) is 0.257. The van der Waals surface area contributed by atoms with E-state index in [0.29, 0.717) is 24.4 Å². The first-order valence-corrected chi connectivity index (χ1v) is 13.6. The predicted octanol–water partition coefficient (Wildman–Crippen LogP) is 3.99. The molecular weight excluding hydrogens is 450 g/mol. The highest BCUT2D eigenvalue weighted by Crippen LogP contribution is 2.62. The Morgan fingerprint density at radius 2 is 1.85 bits per heavy atom. The highest BCUT2D eigenvalue weighted by molar-refractivity contribution is 7.15. The molecule has 34 heavy (non-hydrogen) atoms. The van der Waals surface area contributed by atoms with Gasteiger partial charge in [-0.1, -0.05) is 47.5 Å². The van der Waals surface area contributed by atoms with E-state index in [1.54, 1.807) is 0 Å². The molecule has 8 heteroatoms. The van der Waals surface area contributed by atoms with Crippen LogP contribution in [0.3, 0.4) is 0 Å². The molecule has 0 saturated heterocycles. The number of aliphatic hydroxyl groups excluding tert-OH is 2. The fourth-order valence-electron chi connectivity index (χ4n) is 6.53. The van der Waals surface area contributed by atoms with Crippen molar-refractivity contribution in [2.24, 2.45) is 22.2 Å². The van der Waals surface area contributed by atoms with Gasteiger partial charge in [-0.2, -0.15) is 0 Å². The van der Waals surface area contributed by atoms with E-state index in [1.807, 2.05) is 27.7 Å². The van der Waals surface area contributed by atoms with Crippen LogP contribution in [-0.2, 0) is 16.0 Å². The summed E-state index contributed by atoms with van der Waals surface area (Å²) in [5.74, 6) is -0.155. The van der Waals surface area contributed by atoms with Gasteiger partial charge in [0.1, 0.15) is 0 Å². The minimum Gasteiger partial charge on any atom is -0.396 e. The average molecular weight is 492 g/mol. The van der Waals surface area contributed by atoms with E-state index in [-0.39, 0.29) is 41.7 Å². The first-order valence-electron chi connectivity index (χ1n) is 12.8. The van der Waals surface area contributed by atoms with E-state index in [9.17, 15) is 19.8 Å². The van der Waals surface area contributed by atoms with Crippen LogP contribution >= 0.6 is 11.3 Å². The van der Waals surface area contributed by atoms with E-state index in [2.05, 4.69) is 17.6 Å². The molecule has 4 rings (SSSR count). The lowest BCUT2D eigenvalue weighted by molar-refractivity contribution is -0.144. The molecule has 7 nitrogen and oxygen atoms in total. The number of aromatic nitrogens is 1. The normalized spacial score (nSPS) is 33.8. The number of nitrogens with zero attached hydrogens (tertiary/aromatic N) is 1. The largest absolute Gasteiger partial charge is 0.396 e. The second-order valence-corrected chi connectivity index (χ2v) is 13.4. The van der Waals surface area contributed by atoms with E-state index in [1.165, 1.54) is 11.3 Å². The van der Waals surface area contributed by atoms with Crippen LogP contribution in [0.2, 0.25) is 0 Å². The van der Waals surface area contributed by atoms with Gasteiger partial charge >= 0.3 is 0 Å². The molecule has 1 heterocycles. The monoisotopic (exact) mass is 491 g/mol. The fourth-order valence-corrected chi connectivity index (χ4v) is 7.59. The molecule has 1 aromatic heterocycles. The van der Waals surface area contributed by atoms with Crippen molar-refractivity contribution >= 4 is 28.3 Å². The zero-order valence-corrected chi connectivity index (χ0v) is 22.1. The number of nitrogens with one attached hydrogen (secondary N) is 2. The zero-order chi connectivity index (χ0) is 24.9. The summed E-state index contributed by atoms with van der Waals surface area (Å²) < 4.78 is 0. The van der Waals surface area contributed by atoms with Gasteiger partial charge in [0.25, 0.3) is 0 Å². The summed E-state index contributed by atoms with van der Waals surface area (Å²) in [7, 11) is 0. The van der Waals surface area contributed by atoms with E-state index >= 15 is 0 Å². The second kappa shape index (κ2) is 9.17. The van der Waals surface area contributed by atoms with Crippen LogP contribution in [0.1, 0.15) is 96.1 Å². The minimum absolute atomic E-state index is 0.0112. The lowest BCUT2D eigenvalue weighted by atomic mass is 9.47. The van der Waals surface area contributed by atoms with Crippen LogP contribution in [0.25, 0.3) is 0 Å². The summed E-state index contributed by atoms with van der Waals surface area (Å²) >= 11 is 1.47. The fraction of sp³-hybridized carbons (Fsp3) is 0.808. The number of anilines is 1. The maximum absolute atomic E-state index is 13.2. The Kier molecular flexibility index (Phi) is 6.90. The van der Waals surface area contributed by atoms with Crippen molar-refractivity contribution in [3.63, 3.8) is 0 Å². The molecule has 3 aliphatic carbocycles. The summed E-state index contributed by atoms with van der Waals surface area (Å²) in [5.41, 5.74) is -0.558. The van der Waals surface area contributed by atoms with Gasteiger partial charge in [0.05, 0.1) is 18.4 Å². The van der Waals surface area contributed by atoms with Crippen molar-refractivity contribution in [3.8, 4) is 0 Å². The Bertz CT molecular complexity index is 935. The highest BCUT2D eigenvalue weighted by Gasteiger charge is 2.59. The molecule has 3 aliphatic rings. The van der Waals surface area contributed by atoms with Crippen LogP contribution in [0.4, 0.5) is 5.13 Å². The van der Waals surface area contributed by atoms with Crippen molar-refractivity contribution in [3.05, 3.63) is 10.6 Å². The summed E-state index contributed by atoms with van der Waals surface area (Å²) in [6.45, 7) is 9.70. The Hall–Kier alpha value is -1.51. The number of hydrogen-bond donors (Lipinski definition) is 4. The van der Waals surface area contributed by atoms with Gasteiger partial charge in [-0.25, -0.2) is 4.98 Å². The van der Waals surface area contributed by atoms with Crippen molar-refractivity contribution in [2.45, 2.75) is 104 Å². The third-order valence-corrected chi connectivity index (χ3v) is 9.91. The van der Waals surface area contributed by atoms with E-state index in [0.717, 1.165) is 42.7 Å². The van der Waals surface area contributed by atoms with Crippen LogP contribution in [0.15, 0.2) is 0 Å². The number of carbonyl (C=O) groups excluding carboxylic acids is 2. The predicted molar refractivity (Wildman–Crippen MR) is 134 cm³/mol. The van der Waals surface area contributed by atoms with Crippen molar-refractivity contribution < 1.29 is 19.8 Å². The smallest absolute Gasteiger partial charge is 0.231 e. The third-order valence-electron chi connectivity index (χ3n) is 8.91. The Morgan fingerprint density at radius 3 is 2.47 bits per heavy atom. The number of rotatable bonds is 5. The SMILES string of the molecule is CC(C)(C)C(=O)Nc1nc2c(s1)C[C@@H]1[C@](C)(CO)[C@H](O)CC[C@@]1(C)[C@@H]2CC(=O)NC1CCCC1. The molecule has 0 unspecified atom stereocenters. The molecule has 4 N–H and O–H groups in total. The Labute approximate surface area is 207 Å². The van der Waals surface area contributed by atoms with E-state index in [4.69, 9.17) is 4.98 Å². The summed E-state index contributed by atoms with van der Waals surface area (Å²) in [6.07, 6.45) is 6.20. The topological polar surface area (TPSA) is 112 Å². The quantitative estimate of drug-likeness (QED) is 0.498. The van der Waals surface area contributed by atoms with Gasteiger partial charge in [-0.3, -0.25) is 9.59 Å². The second-order valence-electron chi connectivity index (χ2n) is 12.3. The molecule has 2 fully saturated rings. The first kappa shape index (κ1) is 25.6. The first-order chi connectivity index (χ1) is 15.9. The molecule has 0 spiro atoms. The maximum Gasteiger partial charge on any atom is 0.231 e. The third kappa shape index (κ3) is 4.53. The lowest BCUT2D eigenvalue weighted by Crippen LogP contribution is -2.57. The maximum atomic E-state index is 13.2. The van der Waals surface area contributed by atoms with Gasteiger partial charge < -0.3 is 20.8 Å². The standard InChI is InChI=1S/C26H41N3O4S/c1-24(2,3)22(33)29-23-28-21-16(12-20(32)27-15-8-6-7-9-15)25(4)11-10-19(31)26(5,14-30)18(25)13-17(21)34-23/h15-16,18-19,30-31H,6-14H2,1-5H3,(H,27,32)(H,28,29,33)/t16-,18+,19-,25+,26+/m1/s1. The number of hydrogen-bond acceptors (Lipinski definition) is 6. The number of aliphatic hydroxyl groups is 2. The molecule has 2 amide bonds. The van der Waals surface area contributed by atoms with Gasteiger partial charge in [-0.15, -0.1) is 11.3 Å². The minimum atomic E-state index is -0.649. The van der Waals surface area contributed by atoms with Crippen LogP contribution < -0.4 is 10.6 Å². The molecule has 0 aromatic carbocycles. The number of fused-ring (bicyclic) bond motifs is 2. The summed E-state index contributed by atoms with van der Waals surface area (Å²) in [5, 5.41) is 28.1. The average Bonchev–Trinajstić information content (AvgIpc) is 3.41. The van der Waals surface area contributed by atoms with Crippen LogP contribution in [0.5, 0.6) is 0 Å². The molecule has 0 aliphatic heterocycles. The molecular formula is C26H41N3O4S. The molecule has 190 valence electrons. The molecule has 0 radical (unpaired) electrons. The van der Waals surface area contributed by atoms with Crippen LogP contribution in [-0.4, -0.2) is 45.8 Å². The highest BCUT2D eigenvalue weighted by atomic mass is 32.1. The van der Waals surface area contributed by atoms with Gasteiger partial charge in [0, 0.05) is 34.1 Å².